The first-order valence-corrected chi connectivity index (χ1v) is 6.44. The maximum absolute atomic E-state index is 12.0. The van der Waals surface area contributed by atoms with Gasteiger partial charge in [0.15, 0.2) is 0 Å². The van der Waals surface area contributed by atoms with Crippen molar-refractivity contribution in [3.63, 3.8) is 0 Å². The first kappa shape index (κ1) is 12.8. The van der Waals surface area contributed by atoms with Crippen LogP contribution >= 0.6 is 0 Å². The molecule has 1 aliphatic heterocycles. The third kappa shape index (κ3) is 2.33. The second-order valence-corrected chi connectivity index (χ2v) is 5.51. The molecule has 1 unspecified atom stereocenters. The largest absolute Gasteiger partial charge is 0.469 e. The number of carbonyl (C=O) groups excluding carboxylic acids is 1. The molecule has 1 heterocycles. The number of carbonyl (C=O) groups is 1. The highest BCUT2D eigenvalue weighted by Crippen LogP contribution is 2.54. The molecular formula is C13H23NO3. The monoisotopic (exact) mass is 241 g/mol. The minimum Gasteiger partial charge on any atom is -0.469 e. The molecule has 0 bridgehead atoms. The van der Waals surface area contributed by atoms with Crippen molar-refractivity contribution in [1.29, 1.82) is 0 Å². The predicted octanol–water partition coefficient (Wildman–Crippen LogP) is 1.30. The quantitative estimate of drug-likeness (QED) is 0.695. The lowest BCUT2D eigenvalue weighted by molar-refractivity contribution is -0.151. The van der Waals surface area contributed by atoms with Crippen LogP contribution in [0.25, 0.3) is 0 Å². The Morgan fingerprint density at radius 1 is 1.35 bits per heavy atom. The standard InChI is InChI=1S/C13H23NO3/c1-14(2)11(10-4-8-17-9-5-10)13(6-7-13)12(15)16-3/h10-11H,4-9H2,1-3H3. The van der Waals surface area contributed by atoms with E-state index in [-0.39, 0.29) is 11.4 Å². The van der Waals surface area contributed by atoms with E-state index in [0.717, 1.165) is 38.9 Å². The molecule has 0 aromatic heterocycles. The lowest BCUT2D eigenvalue weighted by Crippen LogP contribution is -2.48. The zero-order valence-electron chi connectivity index (χ0n) is 11.1. The first-order chi connectivity index (χ1) is 8.12. The fraction of sp³-hybridized carbons (Fsp3) is 0.923. The van der Waals surface area contributed by atoms with Gasteiger partial charge in [-0.25, -0.2) is 0 Å². The topological polar surface area (TPSA) is 38.8 Å². The van der Waals surface area contributed by atoms with Gasteiger partial charge in [0.2, 0.25) is 0 Å². The number of nitrogens with zero attached hydrogens (tertiary/aromatic N) is 1. The van der Waals surface area contributed by atoms with Crippen LogP contribution in [0.5, 0.6) is 0 Å². The average molecular weight is 241 g/mol. The SMILES string of the molecule is COC(=O)C1(C(C2CCOCC2)N(C)C)CC1. The smallest absolute Gasteiger partial charge is 0.313 e. The van der Waals surface area contributed by atoms with E-state index in [1.807, 2.05) is 0 Å². The maximum Gasteiger partial charge on any atom is 0.313 e. The zero-order valence-corrected chi connectivity index (χ0v) is 11.1. The van der Waals surface area contributed by atoms with Crippen molar-refractivity contribution >= 4 is 5.97 Å². The Labute approximate surface area is 103 Å². The lowest BCUT2D eigenvalue weighted by Gasteiger charge is -2.39. The van der Waals surface area contributed by atoms with E-state index in [2.05, 4.69) is 19.0 Å². The van der Waals surface area contributed by atoms with E-state index >= 15 is 0 Å². The Bertz CT molecular complexity index is 280. The molecule has 4 nitrogen and oxygen atoms in total. The lowest BCUT2D eigenvalue weighted by atomic mass is 9.80. The second kappa shape index (κ2) is 4.94. The van der Waals surface area contributed by atoms with Crippen molar-refractivity contribution in [2.45, 2.75) is 31.7 Å². The van der Waals surface area contributed by atoms with Crippen molar-refractivity contribution in [2.24, 2.45) is 11.3 Å². The molecule has 0 aromatic carbocycles. The Hall–Kier alpha value is -0.610. The van der Waals surface area contributed by atoms with Crippen LogP contribution in [0.4, 0.5) is 0 Å². The average Bonchev–Trinajstić information content (AvgIpc) is 3.10. The van der Waals surface area contributed by atoms with E-state index in [1.165, 1.54) is 7.11 Å². The van der Waals surface area contributed by atoms with Gasteiger partial charge in [0.1, 0.15) is 0 Å². The summed E-state index contributed by atoms with van der Waals surface area (Å²) in [6.45, 7) is 1.65. The van der Waals surface area contributed by atoms with E-state index < -0.39 is 0 Å². The zero-order chi connectivity index (χ0) is 12.5. The number of methoxy groups -OCH3 is 1. The number of hydrogen-bond acceptors (Lipinski definition) is 4. The van der Waals surface area contributed by atoms with Crippen LogP contribution in [0.15, 0.2) is 0 Å². The Kier molecular flexibility index (Phi) is 3.73. The molecule has 0 aromatic rings. The maximum atomic E-state index is 12.0. The molecule has 98 valence electrons. The van der Waals surface area contributed by atoms with Crippen molar-refractivity contribution in [3.05, 3.63) is 0 Å². The number of hydrogen-bond donors (Lipinski definition) is 0. The number of esters is 1. The summed E-state index contributed by atoms with van der Waals surface area (Å²) in [5, 5.41) is 0. The predicted molar refractivity (Wildman–Crippen MR) is 64.7 cm³/mol. The van der Waals surface area contributed by atoms with Crippen molar-refractivity contribution in [2.75, 3.05) is 34.4 Å². The van der Waals surface area contributed by atoms with Crippen LogP contribution < -0.4 is 0 Å². The number of rotatable bonds is 4. The van der Waals surface area contributed by atoms with Gasteiger partial charge in [-0.3, -0.25) is 4.79 Å². The molecule has 1 saturated heterocycles. The molecule has 0 radical (unpaired) electrons. The van der Waals surface area contributed by atoms with Gasteiger partial charge in [-0.15, -0.1) is 0 Å². The molecule has 17 heavy (non-hydrogen) atoms. The van der Waals surface area contributed by atoms with Gasteiger partial charge in [0, 0.05) is 19.3 Å². The molecule has 1 saturated carbocycles. The van der Waals surface area contributed by atoms with Crippen LogP contribution in [0, 0.1) is 11.3 Å². The summed E-state index contributed by atoms with van der Waals surface area (Å²) in [5.74, 6) is 0.531. The Morgan fingerprint density at radius 3 is 2.35 bits per heavy atom. The van der Waals surface area contributed by atoms with Crippen LogP contribution in [0.2, 0.25) is 0 Å². The molecule has 2 aliphatic rings. The highest BCUT2D eigenvalue weighted by Gasteiger charge is 2.59. The third-order valence-electron chi connectivity index (χ3n) is 4.22. The van der Waals surface area contributed by atoms with Gasteiger partial charge in [-0.2, -0.15) is 0 Å². The summed E-state index contributed by atoms with van der Waals surface area (Å²) < 4.78 is 10.4. The third-order valence-corrected chi connectivity index (χ3v) is 4.22. The van der Waals surface area contributed by atoms with E-state index in [4.69, 9.17) is 9.47 Å². The van der Waals surface area contributed by atoms with E-state index in [1.54, 1.807) is 0 Å². The molecule has 1 atom stereocenters. The van der Waals surface area contributed by atoms with Crippen LogP contribution in [-0.2, 0) is 14.3 Å². The summed E-state index contributed by atoms with van der Waals surface area (Å²) in [6.07, 6.45) is 4.06. The Morgan fingerprint density at radius 2 is 1.94 bits per heavy atom. The molecular weight excluding hydrogens is 218 g/mol. The van der Waals surface area contributed by atoms with Gasteiger partial charge >= 0.3 is 5.97 Å². The normalized spacial score (nSPS) is 25.6. The van der Waals surface area contributed by atoms with Crippen molar-refractivity contribution < 1.29 is 14.3 Å². The highest BCUT2D eigenvalue weighted by molar-refractivity contribution is 5.80. The van der Waals surface area contributed by atoms with Gasteiger partial charge in [-0.1, -0.05) is 0 Å². The molecule has 2 fully saturated rings. The molecule has 1 aliphatic carbocycles. The van der Waals surface area contributed by atoms with Crippen molar-refractivity contribution in [3.8, 4) is 0 Å². The van der Waals surface area contributed by atoms with Crippen molar-refractivity contribution in [1.82, 2.24) is 4.90 Å². The summed E-state index contributed by atoms with van der Waals surface area (Å²) in [6, 6.07) is 0.304. The molecule has 0 amide bonds. The summed E-state index contributed by atoms with van der Waals surface area (Å²) >= 11 is 0. The van der Waals surface area contributed by atoms with Gasteiger partial charge < -0.3 is 14.4 Å². The van der Waals surface area contributed by atoms with Gasteiger partial charge in [-0.05, 0) is 45.7 Å². The molecule has 0 N–H and O–H groups in total. The molecule has 4 heteroatoms. The summed E-state index contributed by atoms with van der Waals surface area (Å²) in [5.41, 5.74) is -0.236. The van der Waals surface area contributed by atoms with E-state index in [9.17, 15) is 4.79 Å². The minimum atomic E-state index is -0.236. The molecule has 0 spiro atoms. The fourth-order valence-electron chi connectivity index (χ4n) is 3.36. The van der Waals surface area contributed by atoms with Crippen LogP contribution in [0.1, 0.15) is 25.7 Å². The summed E-state index contributed by atoms with van der Waals surface area (Å²) in [4.78, 5) is 14.2. The molecule has 2 rings (SSSR count). The highest BCUT2D eigenvalue weighted by atomic mass is 16.5. The first-order valence-electron chi connectivity index (χ1n) is 6.44. The summed E-state index contributed by atoms with van der Waals surface area (Å²) in [7, 11) is 5.64. The number of ether oxygens (including phenoxy) is 2. The fourth-order valence-corrected chi connectivity index (χ4v) is 3.36. The van der Waals surface area contributed by atoms with Gasteiger partial charge in [0.25, 0.3) is 0 Å². The second-order valence-electron chi connectivity index (χ2n) is 5.51. The van der Waals surface area contributed by atoms with E-state index in [0.29, 0.717) is 12.0 Å². The Balaban J connectivity index is 2.14. The van der Waals surface area contributed by atoms with Gasteiger partial charge in [0.05, 0.1) is 12.5 Å². The van der Waals surface area contributed by atoms with Crippen LogP contribution in [0.3, 0.4) is 0 Å². The van der Waals surface area contributed by atoms with Crippen LogP contribution in [-0.4, -0.2) is 51.3 Å². The minimum absolute atomic E-state index is 0.0253.